The van der Waals surface area contributed by atoms with Crippen molar-refractivity contribution in [1.82, 2.24) is 5.32 Å². The fourth-order valence-electron chi connectivity index (χ4n) is 2.18. The van der Waals surface area contributed by atoms with Crippen LogP contribution in [0, 0.1) is 6.92 Å². The number of likely N-dealkylation sites (N-methyl/N-ethyl adjacent to an activating group) is 1. The minimum absolute atomic E-state index is 0.474. The summed E-state index contributed by atoms with van der Waals surface area (Å²) in [4.78, 5) is 2.34. The average Bonchev–Trinajstić information content (AvgIpc) is 2.29. The van der Waals surface area contributed by atoms with Crippen LogP contribution in [0.2, 0.25) is 0 Å². The summed E-state index contributed by atoms with van der Waals surface area (Å²) in [5.74, 6) is 1.05. The smallest absolute Gasteiger partial charge is 0.145 e. The fourth-order valence-corrected chi connectivity index (χ4v) is 2.18. The summed E-state index contributed by atoms with van der Waals surface area (Å²) in [6, 6.07) is 6.80. The van der Waals surface area contributed by atoms with Crippen molar-refractivity contribution in [1.29, 1.82) is 0 Å². The van der Waals surface area contributed by atoms with Gasteiger partial charge in [-0.05, 0) is 38.6 Å². The van der Waals surface area contributed by atoms with Gasteiger partial charge in [-0.25, -0.2) is 0 Å². The average molecular weight is 220 g/mol. The molecule has 0 aromatic heterocycles. The highest BCUT2D eigenvalue weighted by Crippen LogP contribution is 2.35. The predicted octanol–water partition coefficient (Wildman–Crippen LogP) is 1.80. The summed E-state index contributed by atoms with van der Waals surface area (Å²) in [6.45, 7) is 3.91. The number of aryl methyl sites for hydroxylation is 1. The monoisotopic (exact) mass is 220 g/mol. The number of hydrogen-bond acceptors (Lipinski definition) is 3. The number of rotatable bonds is 3. The van der Waals surface area contributed by atoms with Gasteiger partial charge in [0.05, 0.1) is 11.7 Å². The molecule has 0 amide bonds. The van der Waals surface area contributed by atoms with Gasteiger partial charge in [0, 0.05) is 7.05 Å². The van der Waals surface area contributed by atoms with Crippen molar-refractivity contribution < 1.29 is 4.74 Å². The molecule has 0 spiro atoms. The first-order valence-corrected chi connectivity index (χ1v) is 5.84. The van der Waals surface area contributed by atoms with Crippen LogP contribution in [-0.4, -0.2) is 33.3 Å². The lowest BCUT2D eigenvalue weighted by molar-refractivity contribution is 0.258. The van der Waals surface area contributed by atoms with Gasteiger partial charge >= 0.3 is 0 Å². The van der Waals surface area contributed by atoms with Crippen LogP contribution < -0.4 is 15.0 Å². The van der Waals surface area contributed by atoms with E-state index in [-0.39, 0.29) is 0 Å². The molecule has 2 rings (SSSR count). The molecule has 1 aromatic carbocycles. The normalized spacial score (nSPS) is 19.2. The fraction of sp³-hybridized carbons (Fsp3) is 0.538. The van der Waals surface area contributed by atoms with E-state index in [0.717, 1.165) is 25.3 Å². The number of ether oxygens (including phenoxy) is 1. The van der Waals surface area contributed by atoms with Crippen molar-refractivity contribution in [3.8, 4) is 5.75 Å². The number of benzene rings is 1. The van der Waals surface area contributed by atoms with Gasteiger partial charge in [0.2, 0.25) is 0 Å². The van der Waals surface area contributed by atoms with Crippen molar-refractivity contribution in [3.63, 3.8) is 0 Å². The zero-order chi connectivity index (χ0) is 11.5. The summed E-state index contributed by atoms with van der Waals surface area (Å²) in [6.07, 6.45) is 1.11. The van der Waals surface area contributed by atoms with E-state index in [1.807, 2.05) is 7.05 Å². The van der Waals surface area contributed by atoms with Gasteiger partial charge in [0.25, 0.3) is 0 Å². The topological polar surface area (TPSA) is 24.5 Å². The van der Waals surface area contributed by atoms with Crippen LogP contribution in [0.15, 0.2) is 18.2 Å². The van der Waals surface area contributed by atoms with Crippen molar-refractivity contribution in [2.45, 2.75) is 19.4 Å². The van der Waals surface area contributed by atoms with Crippen molar-refractivity contribution >= 4 is 5.69 Å². The Morgan fingerprint density at radius 1 is 1.50 bits per heavy atom. The summed E-state index contributed by atoms with van der Waals surface area (Å²) in [5.41, 5.74) is 2.43. The highest BCUT2D eigenvalue weighted by Gasteiger charge is 2.24. The molecule has 1 heterocycles. The van der Waals surface area contributed by atoms with E-state index in [0.29, 0.717) is 6.04 Å². The molecule has 16 heavy (non-hydrogen) atoms. The predicted molar refractivity (Wildman–Crippen MR) is 67.4 cm³/mol. The van der Waals surface area contributed by atoms with Gasteiger partial charge in [0.1, 0.15) is 12.4 Å². The molecular formula is C13H20N2O. The molecule has 1 aliphatic rings. The largest absolute Gasteiger partial charge is 0.489 e. The second-order valence-corrected chi connectivity index (χ2v) is 4.39. The van der Waals surface area contributed by atoms with Crippen molar-refractivity contribution in [2.24, 2.45) is 0 Å². The first-order chi connectivity index (χ1) is 7.74. The quantitative estimate of drug-likeness (QED) is 0.840. The maximum absolute atomic E-state index is 5.86. The lowest BCUT2D eigenvalue weighted by Gasteiger charge is -2.36. The zero-order valence-electron chi connectivity index (χ0n) is 10.3. The Hall–Kier alpha value is -1.22. The van der Waals surface area contributed by atoms with Crippen LogP contribution in [-0.2, 0) is 0 Å². The van der Waals surface area contributed by atoms with Crippen LogP contribution in [0.5, 0.6) is 5.75 Å². The van der Waals surface area contributed by atoms with Crippen molar-refractivity contribution in [2.75, 3.05) is 32.1 Å². The highest BCUT2D eigenvalue weighted by atomic mass is 16.5. The van der Waals surface area contributed by atoms with Crippen molar-refractivity contribution in [3.05, 3.63) is 23.8 Å². The molecule has 3 heteroatoms. The maximum atomic E-state index is 5.86. The third-order valence-corrected chi connectivity index (χ3v) is 3.27. The van der Waals surface area contributed by atoms with Crippen LogP contribution >= 0.6 is 0 Å². The Labute approximate surface area is 97.4 Å². The lowest BCUT2D eigenvalue weighted by Crippen LogP contribution is -2.42. The standard InChI is InChI=1S/C13H20N2O/c1-10-5-4-6-12-13(10)16-9-11(15(12)3)7-8-14-2/h4-6,11,14H,7-9H2,1-3H3. The Morgan fingerprint density at radius 3 is 3.06 bits per heavy atom. The zero-order valence-corrected chi connectivity index (χ0v) is 10.3. The second-order valence-electron chi connectivity index (χ2n) is 4.39. The molecule has 1 unspecified atom stereocenters. The number of nitrogens with zero attached hydrogens (tertiary/aromatic N) is 1. The molecule has 0 fully saturated rings. The molecule has 1 aliphatic heterocycles. The first-order valence-electron chi connectivity index (χ1n) is 5.84. The third kappa shape index (κ3) is 2.00. The van der Waals surface area contributed by atoms with Gasteiger partial charge in [-0.2, -0.15) is 0 Å². The lowest BCUT2D eigenvalue weighted by atomic mass is 10.1. The minimum atomic E-state index is 0.474. The van der Waals surface area contributed by atoms with Gasteiger partial charge in [-0.3, -0.25) is 0 Å². The summed E-state index contributed by atoms with van der Waals surface area (Å²) in [5, 5.41) is 3.19. The van der Waals surface area contributed by atoms with E-state index in [1.54, 1.807) is 0 Å². The van der Waals surface area contributed by atoms with Gasteiger partial charge in [0.15, 0.2) is 0 Å². The van der Waals surface area contributed by atoms with Crippen LogP contribution in [0.4, 0.5) is 5.69 Å². The number of hydrogen-bond donors (Lipinski definition) is 1. The highest BCUT2D eigenvalue weighted by molar-refractivity contribution is 5.63. The van der Waals surface area contributed by atoms with E-state index in [1.165, 1.54) is 11.3 Å². The molecular weight excluding hydrogens is 200 g/mol. The van der Waals surface area contributed by atoms with Crippen LogP contribution in [0.25, 0.3) is 0 Å². The van der Waals surface area contributed by atoms with Gasteiger partial charge in [-0.1, -0.05) is 12.1 Å². The molecule has 0 saturated heterocycles. The molecule has 1 aromatic rings. The number of nitrogens with one attached hydrogen (secondary N) is 1. The van der Waals surface area contributed by atoms with E-state index in [9.17, 15) is 0 Å². The Balaban J connectivity index is 2.18. The number of fused-ring (bicyclic) bond motifs is 1. The Kier molecular flexibility index (Phi) is 3.34. The second kappa shape index (κ2) is 4.74. The molecule has 1 atom stereocenters. The molecule has 0 saturated carbocycles. The molecule has 0 bridgehead atoms. The summed E-state index contributed by atoms with van der Waals surface area (Å²) in [7, 11) is 4.14. The molecule has 3 nitrogen and oxygen atoms in total. The first kappa shape index (κ1) is 11.3. The van der Waals surface area contributed by atoms with E-state index in [4.69, 9.17) is 4.74 Å². The van der Waals surface area contributed by atoms with E-state index < -0.39 is 0 Å². The Bertz CT molecular complexity index is 365. The minimum Gasteiger partial charge on any atom is -0.489 e. The van der Waals surface area contributed by atoms with Crippen LogP contribution in [0.3, 0.4) is 0 Å². The Morgan fingerprint density at radius 2 is 2.31 bits per heavy atom. The van der Waals surface area contributed by atoms with E-state index >= 15 is 0 Å². The molecule has 0 radical (unpaired) electrons. The maximum Gasteiger partial charge on any atom is 0.145 e. The summed E-state index contributed by atoms with van der Waals surface area (Å²) < 4.78 is 5.86. The molecule has 88 valence electrons. The third-order valence-electron chi connectivity index (χ3n) is 3.27. The van der Waals surface area contributed by atoms with Gasteiger partial charge in [-0.15, -0.1) is 0 Å². The number of para-hydroxylation sites is 1. The summed E-state index contributed by atoms with van der Waals surface area (Å²) >= 11 is 0. The number of anilines is 1. The molecule has 0 aliphatic carbocycles. The molecule has 1 N–H and O–H groups in total. The van der Waals surface area contributed by atoms with E-state index in [2.05, 4.69) is 42.4 Å². The van der Waals surface area contributed by atoms with Gasteiger partial charge < -0.3 is 15.0 Å². The SMILES string of the molecule is CNCCC1COc2c(C)cccc2N1C. The van der Waals surface area contributed by atoms with Crippen LogP contribution in [0.1, 0.15) is 12.0 Å².